The van der Waals surface area contributed by atoms with Crippen LogP contribution in [0.2, 0.25) is 0 Å². The standard InChI is InChI=1S/C72H58N2/c1-71(2,3)54-22-16-20-52(44-54)47-30-32-49(33-31-47)59-41-38-55(72(4,5)6)46-68(59)73(56-23-17-21-53(45-56)58-25-11-10-24-57(58)48-18-8-7-9-19-48)66-42-36-50-35-40-63-67(43-37-51-34-39-62(66)69(50)70(51)63)74-64-28-14-12-26-60(64)61-27-13-15-29-65(61)74/h7-46H,1-6H3. The molecule has 356 valence electrons. The van der Waals surface area contributed by atoms with Crippen LogP contribution in [0.15, 0.2) is 243 Å². The van der Waals surface area contributed by atoms with Crippen molar-refractivity contribution >= 4 is 71.2 Å². The number of para-hydroxylation sites is 2. The van der Waals surface area contributed by atoms with Gasteiger partial charge in [0.2, 0.25) is 0 Å². The normalized spacial score (nSPS) is 12.2. The molecule has 0 radical (unpaired) electrons. The first kappa shape index (κ1) is 45.2. The molecule has 12 aromatic carbocycles. The van der Waals surface area contributed by atoms with E-state index in [4.69, 9.17) is 0 Å². The van der Waals surface area contributed by atoms with Crippen molar-refractivity contribution in [3.05, 3.63) is 254 Å². The van der Waals surface area contributed by atoms with Gasteiger partial charge in [-0.3, -0.25) is 0 Å². The molecule has 0 aliphatic heterocycles. The van der Waals surface area contributed by atoms with Gasteiger partial charge < -0.3 is 9.47 Å². The van der Waals surface area contributed by atoms with Crippen LogP contribution in [0.1, 0.15) is 52.7 Å². The molecule has 2 nitrogen and oxygen atoms in total. The summed E-state index contributed by atoms with van der Waals surface area (Å²) in [7, 11) is 0. The summed E-state index contributed by atoms with van der Waals surface area (Å²) in [6.45, 7) is 13.8. The monoisotopic (exact) mass is 950 g/mol. The van der Waals surface area contributed by atoms with E-state index < -0.39 is 0 Å². The highest BCUT2D eigenvalue weighted by atomic mass is 15.1. The lowest BCUT2D eigenvalue weighted by Gasteiger charge is -2.32. The zero-order valence-corrected chi connectivity index (χ0v) is 43.0. The predicted molar refractivity (Wildman–Crippen MR) is 318 cm³/mol. The molecule has 1 heterocycles. The Hall–Kier alpha value is -8.72. The third kappa shape index (κ3) is 7.64. The van der Waals surface area contributed by atoms with Crippen LogP contribution in [0.4, 0.5) is 17.1 Å². The Morgan fingerprint density at radius 2 is 0.838 bits per heavy atom. The largest absolute Gasteiger partial charge is 0.309 e. The van der Waals surface area contributed by atoms with Crippen LogP contribution in [0.5, 0.6) is 0 Å². The fraction of sp³-hybridized carbons (Fsp3) is 0.111. The van der Waals surface area contributed by atoms with Crippen LogP contribution in [-0.4, -0.2) is 4.57 Å². The van der Waals surface area contributed by atoms with Gasteiger partial charge in [0.1, 0.15) is 0 Å². The molecular formula is C72H58N2. The van der Waals surface area contributed by atoms with Crippen molar-refractivity contribution < 1.29 is 0 Å². The molecule has 13 aromatic rings. The van der Waals surface area contributed by atoms with Crippen molar-refractivity contribution in [1.82, 2.24) is 4.57 Å². The molecule has 0 amide bonds. The van der Waals surface area contributed by atoms with Crippen LogP contribution in [0, 0.1) is 0 Å². The maximum absolute atomic E-state index is 2.56. The Kier molecular flexibility index (Phi) is 10.7. The Morgan fingerprint density at radius 3 is 1.54 bits per heavy atom. The van der Waals surface area contributed by atoms with Gasteiger partial charge in [-0.05, 0) is 125 Å². The number of anilines is 3. The highest BCUT2D eigenvalue weighted by Gasteiger charge is 2.26. The van der Waals surface area contributed by atoms with E-state index in [1.165, 1.54) is 110 Å². The average molecular weight is 951 g/mol. The van der Waals surface area contributed by atoms with E-state index in [0.717, 1.165) is 22.6 Å². The van der Waals surface area contributed by atoms with Crippen LogP contribution in [0.3, 0.4) is 0 Å². The number of fused-ring (bicyclic) bond motifs is 3. The quantitative estimate of drug-likeness (QED) is 0.138. The van der Waals surface area contributed by atoms with E-state index in [2.05, 4.69) is 294 Å². The molecule has 0 fully saturated rings. The molecule has 0 saturated carbocycles. The highest BCUT2D eigenvalue weighted by Crippen LogP contribution is 2.49. The lowest BCUT2D eigenvalue weighted by molar-refractivity contribution is 0.590. The van der Waals surface area contributed by atoms with Gasteiger partial charge >= 0.3 is 0 Å². The number of benzene rings is 12. The van der Waals surface area contributed by atoms with Crippen molar-refractivity contribution in [2.45, 2.75) is 52.4 Å². The first-order valence-corrected chi connectivity index (χ1v) is 26.1. The molecule has 0 N–H and O–H groups in total. The summed E-state index contributed by atoms with van der Waals surface area (Å²) >= 11 is 0. The first-order chi connectivity index (χ1) is 36.0. The molecular weight excluding hydrogens is 893 g/mol. The van der Waals surface area contributed by atoms with Crippen LogP contribution in [0.25, 0.3) is 104 Å². The number of hydrogen-bond donors (Lipinski definition) is 0. The fourth-order valence-corrected chi connectivity index (χ4v) is 11.6. The SMILES string of the molecule is CC(C)(C)c1cccc(-c2ccc(-c3ccc(C(C)(C)C)cc3N(c3cccc(-c4ccccc4-c4ccccc4)c3)c3ccc4ccc5c(-n6c7ccccc7c7ccccc76)ccc6ccc3c4c65)cc2)c1. The third-order valence-electron chi connectivity index (χ3n) is 15.5. The summed E-state index contributed by atoms with van der Waals surface area (Å²) in [6, 6.07) is 90.6. The summed E-state index contributed by atoms with van der Waals surface area (Å²) in [4.78, 5) is 2.56. The lowest BCUT2D eigenvalue weighted by atomic mass is 9.84. The van der Waals surface area contributed by atoms with Gasteiger partial charge in [0.05, 0.1) is 28.1 Å². The summed E-state index contributed by atoms with van der Waals surface area (Å²) in [5.41, 5.74) is 19.1. The second kappa shape index (κ2) is 17.5. The van der Waals surface area contributed by atoms with Gasteiger partial charge in [-0.1, -0.05) is 242 Å². The summed E-state index contributed by atoms with van der Waals surface area (Å²) < 4.78 is 2.47. The third-order valence-corrected chi connectivity index (χ3v) is 15.5. The molecule has 0 spiro atoms. The molecule has 0 unspecified atom stereocenters. The van der Waals surface area contributed by atoms with E-state index >= 15 is 0 Å². The molecule has 0 bridgehead atoms. The summed E-state index contributed by atoms with van der Waals surface area (Å²) in [6.07, 6.45) is 0. The molecule has 0 aliphatic carbocycles. The van der Waals surface area contributed by atoms with Gasteiger partial charge in [0, 0.05) is 32.8 Å². The molecule has 1 aromatic heterocycles. The minimum absolute atomic E-state index is 0.0593. The van der Waals surface area contributed by atoms with Gasteiger partial charge in [0.15, 0.2) is 0 Å². The molecule has 0 aliphatic rings. The van der Waals surface area contributed by atoms with Crippen LogP contribution >= 0.6 is 0 Å². The minimum atomic E-state index is -0.108. The van der Waals surface area contributed by atoms with Crippen molar-refractivity contribution in [2.75, 3.05) is 4.90 Å². The fourth-order valence-electron chi connectivity index (χ4n) is 11.6. The van der Waals surface area contributed by atoms with E-state index in [0.29, 0.717) is 0 Å². The zero-order chi connectivity index (χ0) is 50.3. The minimum Gasteiger partial charge on any atom is -0.309 e. The van der Waals surface area contributed by atoms with Gasteiger partial charge in [-0.15, -0.1) is 0 Å². The average Bonchev–Trinajstić information content (AvgIpc) is 3.77. The Balaban J connectivity index is 1.06. The zero-order valence-electron chi connectivity index (χ0n) is 43.0. The molecule has 74 heavy (non-hydrogen) atoms. The molecule has 2 heteroatoms. The molecule has 13 rings (SSSR count). The van der Waals surface area contributed by atoms with Crippen molar-refractivity contribution in [3.63, 3.8) is 0 Å². The smallest absolute Gasteiger partial charge is 0.0543 e. The second-order valence-electron chi connectivity index (χ2n) is 22.1. The number of hydrogen-bond acceptors (Lipinski definition) is 1. The van der Waals surface area contributed by atoms with E-state index in [1.54, 1.807) is 0 Å². The van der Waals surface area contributed by atoms with E-state index in [1.807, 2.05) is 0 Å². The Morgan fingerprint density at radius 1 is 0.311 bits per heavy atom. The Labute approximate surface area is 434 Å². The van der Waals surface area contributed by atoms with Crippen LogP contribution < -0.4 is 4.90 Å². The Bertz CT molecular complexity index is 4200. The topological polar surface area (TPSA) is 8.17 Å². The van der Waals surface area contributed by atoms with E-state index in [-0.39, 0.29) is 10.8 Å². The lowest BCUT2D eigenvalue weighted by Crippen LogP contribution is -2.16. The van der Waals surface area contributed by atoms with Crippen molar-refractivity contribution in [2.24, 2.45) is 0 Å². The highest BCUT2D eigenvalue weighted by molar-refractivity contribution is 6.27. The van der Waals surface area contributed by atoms with Crippen molar-refractivity contribution in [1.29, 1.82) is 0 Å². The van der Waals surface area contributed by atoms with Gasteiger partial charge in [-0.2, -0.15) is 0 Å². The van der Waals surface area contributed by atoms with E-state index in [9.17, 15) is 0 Å². The second-order valence-corrected chi connectivity index (χ2v) is 22.1. The maximum Gasteiger partial charge on any atom is 0.0543 e. The van der Waals surface area contributed by atoms with Crippen molar-refractivity contribution in [3.8, 4) is 50.2 Å². The number of aromatic nitrogens is 1. The van der Waals surface area contributed by atoms with Gasteiger partial charge in [0.25, 0.3) is 0 Å². The predicted octanol–water partition coefficient (Wildman–Crippen LogP) is 20.4. The number of nitrogens with zero attached hydrogens (tertiary/aromatic N) is 2. The van der Waals surface area contributed by atoms with Gasteiger partial charge in [-0.25, -0.2) is 0 Å². The van der Waals surface area contributed by atoms with Crippen LogP contribution in [-0.2, 0) is 10.8 Å². The summed E-state index contributed by atoms with van der Waals surface area (Å²) in [5, 5.41) is 9.97. The number of rotatable bonds is 8. The molecule has 0 atom stereocenters. The first-order valence-electron chi connectivity index (χ1n) is 26.1. The maximum atomic E-state index is 2.56. The molecule has 0 saturated heterocycles. The summed E-state index contributed by atoms with van der Waals surface area (Å²) in [5.74, 6) is 0.